The zero-order chi connectivity index (χ0) is 11.2. The Hall–Kier alpha value is 0.430. The Labute approximate surface area is 99.4 Å². The molecule has 0 radical (unpaired) electrons. The number of unbranched alkanes of at least 4 members (excludes halogenated alkanes) is 8. The third-order valence-corrected chi connectivity index (χ3v) is 4.33. The minimum Gasteiger partial charge on any atom is -0.122 e. The molecule has 0 aliphatic rings. The second-order valence-corrected chi connectivity index (χ2v) is 6.08. The molecule has 0 amide bonds. The molecule has 92 valence electrons. The van der Waals surface area contributed by atoms with Gasteiger partial charge in [-0.1, -0.05) is 65.2 Å². The average molecular weight is 230 g/mol. The van der Waals surface area contributed by atoms with Crippen LogP contribution in [0.4, 0.5) is 0 Å². The van der Waals surface area contributed by atoms with Gasteiger partial charge in [0.25, 0.3) is 0 Å². The lowest BCUT2D eigenvalue weighted by atomic mass is 10.1. The normalized spacial score (nSPS) is 11.6. The van der Waals surface area contributed by atoms with Crippen LogP contribution in [0.3, 0.4) is 0 Å². The summed E-state index contributed by atoms with van der Waals surface area (Å²) in [5, 5.41) is 0. The van der Waals surface area contributed by atoms with Crippen molar-refractivity contribution in [3.63, 3.8) is 0 Å². The molecule has 0 bridgehead atoms. The van der Waals surface area contributed by atoms with Gasteiger partial charge in [-0.15, -0.1) is 8.58 Å². The Balaban J connectivity index is 2.81. The lowest BCUT2D eigenvalue weighted by Crippen LogP contribution is -1.83. The van der Waals surface area contributed by atoms with Crippen molar-refractivity contribution in [1.29, 1.82) is 0 Å². The molecule has 0 saturated carbocycles. The molecule has 1 heteroatoms. The molecule has 0 N–H and O–H groups in total. The number of hydrogen-bond donors (Lipinski definition) is 0. The number of hydrogen-bond acceptors (Lipinski definition) is 0. The van der Waals surface area contributed by atoms with Crippen molar-refractivity contribution < 1.29 is 0 Å². The first-order valence-electron chi connectivity index (χ1n) is 7.12. The van der Waals surface area contributed by atoms with Crippen molar-refractivity contribution in [2.24, 2.45) is 0 Å². The zero-order valence-electron chi connectivity index (χ0n) is 11.0. The fourth-order valence-corrected chi connectivity index (χ4v) is 3.16. The van der Waals surface area contributed by atoms with E-state index in [-0.39, 0.29) is 0 Å². The molecule has 0 aromatic heterocycles. The molecule has 0 spiro atoms. The fraction of sp³-hybridized carbons (Fsp3) is 1.00. The van der Waals surface area contributed by atoms with Crippen LogP contribution < -0.4 is 0 Å². The van der Waals surface area contributed by atoms with Crippen LogP contribution in [-0.4, -0.2) is 12.3 Å². The van der Waals surface area contributed by atoms with Gasteiger partial charge in [-0.3, -0.25) is 0 Å². The van der Waals surface area contributed by atoms with Gasteiger partial charge in [0.2, 0.25) is 0 Å². The molecule has 0 aromatic rings. The maximum absolute atomic E-state index is 2.29. The third-order valence-electron chi connectivity index (χ3n) is 2.91. The quantitative estimate of drug-likeness (QED) is 0.302. The van der Waals surface area contributed by atoms with E-state index in [0.717, 1.165) is 0 Å². The molecule has 0 aliphatic heterocycles. The van der Waals surface area contributed by atoms with Crippen molar-refractivity contribution in [3.05, 3.63) is 0 Å². The molecule has 0 nitrogen and oxygen atoms in total. The summed E-state index contributed by atoms with van der Waals surface area (Å²) in [7, 11) is 1.25. The van der Waals surface area contributed by atoms with E-state index >= 15 is 0 Å². The first kappa shape index (κ1) is 15.4. The van der Waals surface area contributed by atoms with Gasteiger partial charge in [-0.2, -0.15) is 0 Å². The van der Waals surface area contributed by atoms with Crippen molar-refractivity contribution in [3.8, 4) is 0 Å². The van der Waals surface area contributed by atoms with E-state index in [1.165, 1.54) is 85.1 Å². The topological polar surface area (TPSA) is 0 Å². The van der Waals surface area contributed by atoms with Crippen LogP contribution >= 0.6 is 8.58 Å². The van der Waals surface area contributed by atoms with E-state index in [0.29, 0.717) is 0 Å². The van der Waals surface area contributed by atoms with Crippen LogP contribution in [0.1, 0.15) is 78.1 Å². The van der Waals surface area contributed by atoms with E-state index < -0.39 is 0 Å². The maximum atomic E-state index is 2.29. The zero-order valence-corrected chi connectivity index (χ0v) is 12.0. The summed E-state index contributed by atoms with van der Waals surface area (Å²) in [5.74, 6) is 0. The molecule has 0 saturated heterocycles. The van der Waals surface area contributed by atoms with Gasteiger partial charge in [-0.05, 0) is 25.2 Å². The highest BCUT2D eigenvalue weighted by Crippen LogP contribution is 2.16. The van der Waals surface area contributed by atoms with E-state index in [4.69, 9.17) is 0 Å². The van der Waals surface area contributed by atoms with Crippen molar-refractivity contribution >= 4 is 8.58 Å². The monoisotopic (exact) mass is 230 g/mol. The van der Waals surface area contributed by atoms with Gasteiger partial charge in [0.15, 0.2) is 0 Å². The Bertz CT molecular complexity index is 89.5. The van der Waals surface area contributed by atoms with E-state index in [1.54, 1.807) is 0 Å². The Kier molecular flexibility index (Phi) is 14.8. The summed E-state index contributed by atoms with van der Waals surface area (Å²) >= 11 is 0. The highest BCUT2D eigenvalue weighted by Gasteiger charge is 1.92. The Morgan fingerprint density at radius 1 is 0.533 bits per heavy atom. The van der Waals surface area contributed by atoms with Crippen LogP contribution in [-0.2, 0) is 0 Å². The van der Waals surface area contributed by atoms with Gasteiger partial charge in [0, 0.05) is 0 Å². The summed E-state index contributed by atoms with van der Waals surface area (Å²) in [6, 6.07) is 0. The summed E-state index contributed by atoms with van der Waals surface area (Å²) in [6.07, 6.45) is 17.6. The van der Waals surface area contributed by atoms with Crippen LogP contribution in [0.5, 0.6) is 0 Å². The smallest absolute Gasteiger partial charge is 0.0353 e. The minimum absolute atomic E-state index is 1.25. The van der Waals surface area contributed by atoms with Crippen molar-refractivity contribution in [2.75, 3.05) is 12.3 Å². The molecule has 1 unspecified atom stereocenters. The summed E-state index contributed by atoms with van der Waals surface area (Å²) in [6.45, 7) is 4.58. The summed E-state index contributed by atoms with van der Waals surface area (Å²) in [4.78, 5) is 0. The predicted octanol–water partition coefficient (Wildman–Crippen LogP) is 5.61. The average Bonchev–Trinajstić information content (AvgIpc) is 2.26. The van der Waals surface area contributed by atoms with E-state index in [9.17, 15) is 0 Å². The van der Waals surface area contributed by atoms with E-state index in [1.807, 2.05) is 0 Å². The Morgan fingerprint density at radius 3 is 1.60 bits per heavy atom. The highest BCUT2D eigenvalue weighted by molar-refractivity contribution is 7.37. The molecule has 0 aromatic carbocycles. The van der Waals surface area contributed by atoms with Crippen LogP contribution in [0, 0.1) is 0 Å². The molecular weight excluding hydrogens is 199 g/mol. The lowest BCUT2D eigenvalue weighted by molar-refractivity contribution is 0.586. The molecule has 0 heterocycles. The first-order valence-corrected chi connectivity index (χ1v) is 8.54. The van der Waals surface area contributed by atoms with Crippen LogP contribution in [0.15, 0.2) is 0 Å². The van der Waals surface area contributed by atoms with Gasteiger partial charge in [-0.25, -0.2) is 0 Å². The second-order valence-electron chi connectivity index (χ2n) is 4.58. The van der Waals surface area contributed by atoms with Gasteiger partial charge >= 0.3 is 0 Å². The molecule has 1 atom stereocenters. The molecule has 0 fully saturated rings. The van der Waals surface area contributed by atoms with Gasteiger partial charge in [0.05, 0.1) is 0 Å². The highest BCUT2D eigenvalue weighted by atomic mass is 31.1. The van der Waals surface area contributed by atoms with Crippen molar-refractivity contribution in [2.45, 2.75) is 78.1 Å². The second kappa shape index (κ2) is 14.4. The molecule has 15 heavy (non-hydrogen) atoms. The van der Waals surface area contributed by atoms with E-state index in [2.05, 4.69) is 13.8 Å². The largest absolute Gasteiger partial charge is 0.122 e. The third kappa shape index (κ3) is 14.4. The summed E-state index contributed by atoms with van der Waals surface area (Å²) < 4.78 is 0. The van der Waals surface area contributed by atoms with Gasteiger partial charge < -0.3 is 0 Å². The Morgan fingerprint density at radius 2 is 1.00 bits per heavy atom. The lowest BCUT2D eigenvalue weighted by Gasteiger charge is -2.02. The predicted molar refractivity (Wildman–Crippen MR) is 75.6 cm³/mol. The maximum Gasteiger partial charge on any atom is -0.0353 e. The van der Waals surface area contributed by atoms with Gasteiger partial charge in [0.1, 0.15) is 0 Å². The first-order chi connectivity index (χ1) is 7.41. The van der Waals surface area contributed by atoms with Crippen LogP contribution in [0.2, 0.25) is 0 Å². The molecular formula is C14H31P. The molecule has 0 aliphatic carbocycles. The SMILES string of the molecule is CCCCCCCCCCPCCCC. The summed E-state index contributed by atoms with van der Waals surface area (Å²) in [5.41, 5.74) is 0. The minimum atomic E-state index is 1.25. The van der Waals surface area contributed by atoms with Crippen molar-refractivity contribution in [1.82, 2.24) is 0 Å². The standard InChI is InChI=1S/C14H31P/c1-3-5-7-8-9-10-11-12-14-15-13-6-4-2/h15H,3-14H2,1-2H3. The van der Waals surface area contributed by atoms with Crippen LogP contribution in [0.25, 0.3) is 0 Å². The molecule has 0 rings (SSSR count). The number of rotatable bonds is 12. The fourth-order valence-electron chi connectivity index (χ4n) is 1.81.